The number of fused-ring (bicyclic) bond motifs is 12. The van der Waals surface area contributed by atoms with Gasteiger partial charge in [0.15, 0.2) is 0 Å². The van der Waals surface area contributed by atoms with Gasteiger partial charge in [0.05, 0.1) is 5.00 Å². The predicted molar refractivity (Wildman–Crippen MR) is 299 cm³/mol. The van der Waals surface area contributed by atoms with Gasteiger partial charge in [-0.15, -0.1) is 90.7 Å². The number of hydrogen-bond acceptors (Lipinski definition) is 13. The minimum Gasteiger partial charge on any atom is -0.457 e. The molecule has 4 aromatic carbocycles. The molecule has 12 rings (SSSR count). The minimum atomic E-state index is -0.427. The number of thiophene rings is 8. The molecule has 68 heavy (non-hydrogen) atoms. The fraction of sp³-hybridized carbons (Fsp3) is 0.113. The number of benzene rings is 4. The van der Waals surface area contributed by atoms with Gasteiger partial charge in [0.2, 0.25) is 0 Å². The van der Waals surface area contributed by atoms with Crippen LogP contribution in [0.1, 0.15) is 38.9 Å². The highest BCUT2D eigenvalue weighted by Gasteiger charge is 2.30. The SMILES string of the molecule is C=CCOC(=O)c1cc2c(ccc3sc(C)c(-c4c(C)sc5ccc6sc(NC(=O)Nc7sc8ccc9sc(C)cc9c8c7-c7c(C(=O)OCC=C)sc8ccc9sc(C)cc9c78)cc6c45)c32)s1. The molecule has 0 saturated heterocycles. The molecule has 12 aromatic rings. The lowest BCUT2D eigenvalue weighted by molar-refractivity contribution is 0.0546. The van der Waals surface area contributed by atoms with E-state index in [1.807, 2.05) is 6.07 Å². The second-order valence-corrected chi connectivity index (χ2v) is 25.7. The van der Waals surface area contributed by atoms with Crippen LogP contribution in [0.15, 0.2) is 98.1 Å². The van der Waals surface area contributed by atoms with E-state index in [1.165, 1.54) is 76.0 Å². The van der Waals surface area contributed by atoms with Crippen molar-refractivity contribution >= 4 is 199 Å². The second kappa shape index (κ2) is 16.7. The molecular weight excluding hydrogens is 1000 g/mol. The van der Waals surface area contributed by atoms with Crippen molar-refractivity contribution in [2.45, 2.75) is 27.7 Å². The van der Waals surface area contributed by atoms with Crippen molar-refractivity contribution in [1.29, 1.82) is 0 Å². The molecule has 0 saturated carbocycles. The summed E-state index contributed by atoms with van der Waals surface area (Å²) < 4.78 is 19.8. The number of carbonyl (C=O) groups is 3. The van der Waals surface area contributed by atoms with Gasteiger partial charge < -0.3 is 9.47 Å². The van der Waals surface area contributed by atoms with Gasteiger partial charge in [0.25, 0.3) is 0 Å². The summed E-state index contributed by atoms with van der Waals surface area (Å²) in [6, 6.07) is 25.1. The van der Waals surface area contributed by atoms with Crippen LogP contribution in [0.2, 0.25) is 0 Å². The van der Waals surface area contributed by atoms with Crippen molar-refractivity contribution in [3.8, 4) is 22.3 Å². The zero-order chi connectivity index (χ0) is 46.7. The van der Waals surface area contributed by atoms with E-state index in [0.29, 0.717) is 19.8 Å². The highest BCUT2D eigenvalue weighted by Crippen LogP contribution is 2.55. The lowest BCUT2D eigenvalue weighted by Crippen LogP contribution is -2.18. The van der Waals surface area contributed by atoms with E-state index in [1.54, 1.807) is 57.5 Å². The van der Waals surface area contributed by atoms with Crippen molar-refractivity contribution in [1.82, 2.24) is 0 Å². The number of urea groups is 1. The van der Waals surface area contributed by atoms with Crippen LogP contribution in [0.4, 0.5) is 14.8 Å². The normalized spacial score (nSPS) is 11.9. The zero-order valence-electron chi connectivity index (χ0n) is 36.7. The number of amides is 2. The molecular formula is C53H36N2O5S8. The van der Waals surface area contributed by atoms with Crippen LogP contribution in [0.25, 0.3) is 103 Å². The molecule has 336 valence electrons. The van der Waals surface area contributed by atoms with Crippen LogP contribution in [0, 0.1) is 27.7 Å². The molecule has 0 fully saturated rings. The smallest absolute Gasteiger partial charge is 0.349 e. The largest absolute Gasteiger partial charge is 0.457 e. The number of aryl methyl sites for hydroxylation is 4. The Morgan fingerprint density at radius 1 is 0.485 bits per heavy atom. The fourth-order valence-corrected chi connectivity index (χ4v) is 17.7. The van der Waals surface area contributed by atoms with E-state index in [0.717, 1.165) is 91.8 Å². The van der Waals surface area contributed by atoms with Crippen molar-refractivity contribution in [2.75, 3.05) is 23.8 Å². The molecule has 0 aliphatic carbocycles. The lowest BCUT2D eigenvalue weighted by Gasteiger charge is -2.11. The molecule has 0 aliphatic rings. The second-order valence-electron chi connectivity index (χ2n) is 16.4. The first-order valence-corrected chi connectivity index (χ1v) is 28.0. The molecule has 2 amide bonds. The van der Waals surface area contributed by atoms with Gasteiger partial charge in [-0.1, -0.05) is 25.3 Å². The molecule has 15 heteroatoms. The van der Waals surface area contributed by atoms with E-state index in [-0.39, 0.29) is 25.2 Å². The third-order valence-electron chi connectivity index (χ3n) is 12.0. The maximum Gasteiger partial charge on any atom is 0.349 e. The van der Waals surface area contributed by atoms with Crippen molar-refractivity contribution in [2.24, 2.45) is 0 Å². The van der Waals surface area contributed by atoms with Crippen LogP contribution in [-0.2, 0) is 9.47 Å². The van der Waals surface area contributed by atoms with Crippen LogP contribution in [0.3, 0.4) is 0 Å². The molecule has 7 nitrogen and oxygen atoms in total. The first kappa shape index (κ1) is 43.5. The Labute approximate surface area is 420 Å². The summed E-state index contributed by atoms with van der Waals surface area (Å²) in [6.45, 7) is 16.3. The third kappa shape index (κ3) is 6.97. The predicted octanol–water partition coefficient (Wildman–Crippen LogP) is 18.3. The molecule has 8 aromatic heterocycles. The Hall–Kier alpha value is -5.75. The summed E-state index contributed by atoms with van der Waals surface area (Å²) in [4.78, 5) is 47.5. The van der Waals surface area contributed by atoms with Gasteiger partial charge in [-0.2, -0.15) is 0 Å². The number of ether oxygens (including phenoxy) is 2. The quantitative estimate of drug-likeness (QED) is 0.105. The third-order valence-corrected chi connectivity index (χ3v) is 20.5. The van der Waals surface area contributed by atoms with E-state index < -0.39 is 5.97 Å². The summed E-state index contributed by atoms with van der Waals surface area (Å²) in [5.74, 6) is -0.778. The Bertz CT molecular complexity index is 4160. The van der Waals surface area contributed by atoms with Crippen molar-refractivity contribution < 1.29 is 23.9 Å². The first-order valence-electron chi connectivity index (χ1n) is 21.4. The summed E-state index contributed by atoms with van der Waals surface area (Å²) in [7, 11) is 0. The number of nitrogens with one attached hydrogen (secondary N) is 2. The standard InChI is InChI=1S/C53H36N2O5S8/c1-7-17-59-51(56)39-21-29-33(65-39)11-13-35-43(29)41(25(5)63-35)42-26(6)64-36-14-12-34-30(44(36)42)22-40(66-34)54-53(58)55-50-48(46-28-20-24(4)62-32(28)10-16-38(46)68-50)47-45-27-19-23(3)61-31(27)9-15-37(45)67-49(47)52(57)60-18-8-2/h7-16,19-22H,1-2,17-18H2,3-6H3,(H2,54,55,58). The molecule has 0 radical (unpaired) electrons. The molecule has 0 aliphatic heterocycles. The monoisotopic (exact) mass is 1040 g/mol. The van der Waals surface area contributed by atoms with Gasteiger partial charge in [0, 0.05) is 122 Å². The maximum absolute atomic E-state index is 14.6. The summed E-state index contributed by atoms with van der Waals surface area (Å²) >= 11 is 12.9. The average Bonchev–Trinajstić information content (AvgIpc) is 4.18. The van der Waals surface area contributed by atoms with Crippen LogP contribution in [0.5, 0.6) is 0 Å². The fourth-order valence-electron chi connectivity index (χ4n) is 9.45. The molecule has 0 bridgehead atoms. The summed E-state index contributed by atoms with van der Waals surface area (Å²) in [5, 5.41) is 16.4. The summed E-state index contributed by atoms with van der Waals surface area (Å²) in [5.41, 5.74) is 3.93. The van der Waals surface area contributed by atoms with E-state index in [2.05, 4.69) is 118 Å². The van der Waals surface area contributed by atoms with Crippen LogP contribution in [-0.4, -0.2) is 31.2 Å². The Morgan fingerprint density at radius 2 is 0.941 bits per heavy atom. The Morgan fingerprint density at radius 3 is 1.53 bits per heavy atom. The molecule has 0 unspecified atom stereocenters. The summed E-state index contributed by atoms with van der Waals surface area (Å²) in [6.07, 6.45) is 3.16. The Kier molecular flexibility index (Phi) is 10.7. The highest BCUT2D eigenvalue weighted by molar-refractivity contribution is 7.26. The van der Waals surface area contributed by atoms with Gasteiger partial charge in [0.1, 0.15) is 28.0 Å². The highest BCUT2D eigenvalue weighted by atomic mass is 32.1. The Balaban J connectivity index is 0.980. The average molecular weight is 1040 g/mol. The van der Waals surface area contributed by atoms with Crippen LogP contribution < -0.4 is 10.6 Å². The van der Waals surface area contributed by atoms with Crippen molar-refractivity contribution in [3.63, 3.8) is 0 Å². The van der Waals surface area contributed by atoms with Crippen LogP contribution >= 0.6 is 90.7 Å². The zero-order valence-corrected chi connectivity index (χ0v) is 43.3. The van der Waals surface area contributed by atoms with Gasteiger partial charge in [-0.3, -0.25) is 10.6 Å². The molecule has 0 spiro atoms. The first-order chi connectivity index (χ1) is 33.0. The number of anilines is 2. The van der Waals surface area contributed by atoms with Crippen molar-refractivity contribution in [3.05, 3.63) is 127 Å². The molecule has 8 heterocycles. The van der Waals surface area contributed by atoms with E-state index in [4.69, 9.17) is 9.47 Å². The lowest BCUT2D eigenvalue weighted by atomic mass is 9.96. The van der Waals surface area contributed by atoms with E-state index >= 15 is 0 Å². The molecule has 0 atom stereocenters. The minimum absolute atomic E-state index is 0.0801. The van der Waals surface area contributed by atoms with Gasteiger partial charge in [-0.05, 0) is 100 Å². The maximum atomic E-state index is 14.6. The number of carbonyl (C=O) groups excluding carboxylic acids is 3. The van der Waals surface area contributed by atoms with E-state index in [9.17, 15) is 14.4 Å². The molecule has 2 N–H and O–H groups in total. The topological polar surface area (TPSA) is 93.7 Å². The number of hydrogen-bond donors (Lipinski definition) is 2. The van der Waals surface area contributed by atoms with Gasteiger partial charge >= 0.3 is 18.0 Å². The number of rotatable bonds is 10. The number of esters is 2. The van der Waals surface area contributed by atoms with Gasteiger partial charge in [-0.25, -0.2) is 14.4 Å².